The third-order valence-corrected chi connectivity index (χ3v) is 12.0. The van der Waals surface area contributed by atoms with Gasteiger partial charge in [0.15, 0.2) is 6.29 Å². The van der Waals surface area contributed by atoms with Gasteiger partial charge in [-0.2, -0.15) is 0 Å². The van der Waals surface area contributed by atoms with Crippen LogP contribution in [0.2, 0.25) is 0 Å². The number of ether oxygens (including phenoxy) is 9. The second-order valence-corrected chi connectivity index (χ2v) is 24.1. The van der Waals surface area contributed by atoms with Gasteiger partial charge in [0.1, 0.15) is 71.4 Å². The summed E-state index contributed by atoms with van der Waals surface area (Å²) in [4.78, 5) is 104. The number of alkyl carbamates (subject to hydrolysis) is 4. The lowest BCUT2D eigenvalue weighted by molar-refractivity contribution is -0.384. The van der Waals surface area contributed by atoms with Crippen LogP contribution in [0.5, 0.6) is 0 Å². The first-order valence-electron chi connectivity index (χ1n) is 27.5. The quantitative estimate of drug-likeness (QED) is 0.0288. The topological polar surface area (TPSA) is 422 Å². The molecule has 0 aromatic heterocycles. The number of aliphatic hydroxyl groups is 5. The van der Waals surface area contributed by atoms with Crippen LogP contribution in [0, 0.1) is 10.1 Å². The van der Waals surface area contributed by atoms with Gasteiger partial charge in [-0.15, -0.1) is 0 Å². The van der Waals surface area contributed by atoms with Crippen molar-refractivity contribution >= 4 is 48.0 Å². The molecule has 0 spiro atoms. The third kappa shape index (κ3) is 26.1. The minimum atomic E-state index is -2.10. The maximum Gasteiger partial charge on any atom is 0.410 e. The molecular weight excluding hydrogens is 1130 g/mol. The first-order valence-corrected chi connectivity index (χ1v) is 27.5. The molecule has 0 saturated heterocycles. The summed E-state index contributed by atoms with van der Waals surface area (Å²) in [7, 11) is 1.32. The van der Waals surface area contributed by atoms with E-state index in [1.54, 1.807) is 83.1 Å². The maximum absolute atomic E-state index is 14.0. The fourth-order valence-corrected chi connectivity index (χ4v) is 7.94. The van der Waals surface area contributed by atoms with E-state index in [2.05, 4.69) is 31.9 Å². The van der Waals surface area contributed by atoms with Gasteiger partial charge in [0.2, 0.25) is 12.2 Å². The molecule has 1 aliphatic carbocycles. The molecule has 11 N–H and O–H groups in total. The Hall–Kier alpha value is -6.87. The average molecular weight is 1220 g/mol. The summed E-state index contributed by atoms with van der Waals surface area (Å²) >= 11 is 0. The van der Waals surface area contributed by atoms with Crippen LogP contribution in [0.25, 0.3) is 0 Å². The second kappa shape index (κ2) is 32.0. The molecule has 1 aliphatic heterocycles. The molecule has 1 saturated carbocycles. The van der Waals surface area contributed by atoms with Gasteiger partial charge in [-0.25, -0.2) is 24.0 Å². The van der Waals surface area contributed by atoms with Gasteiger partial charge in [-0.1, -0.05) is 0 Å². The molecule has 7 amide bonds. The number of hydrogen-bond acceptors (Lipinski definition) is 23. The summed E-state index contributed by atoms with van der Waals surface area (Å²) < 4.78 is 51.8. The molecule has 1 aromatic rings. The normalized spacial score (nSPS) is 21.7. The van der Waals surface area contributed by atoms with Gasteiger partial charge in [0, 0.05) is 25.7 Å². The molecule has 1 fully saturated rings. The lowest BCUT2D eigenvalue weighted by atomic mass is 9.83. The highest BCUT2D eigenvalue weighted by Gasteiger charge is 2.51. The Labute approximate surface area is 493 Å². The molecule has 0 radical (unpaired) electrons. The van der Waals surface area contributed by atoms with Crippen molar-refractivity contribution in [1.29, 1.82) is 0 Å². The van der Waals surface area contributed by atoms with Crippen molar-refractivity contribution in [3.8, 4) is 0 Å². The Morgan fingerprint density at radius 3 is 1.84 bits per heavy atom. The monoisotopic (exact) mass is 1220 g/mol. The number of carbonyl (C=O) groups excluding carboxylic acids is 7. The summed E-state index contributed by atoms with van der Waals surface area (Å²) in [6.07, 6.45) is -19.1. The molecule has 1 heterocycles. The van der Waals surface area contributed by atoms with Crippen LogP contribution in [0.4, 0.5) is 29.7 Å². The number of non-ortho nitro benzene ring substituents is 1. The van der Waals surface area contributed by atoms with E-state index in [4.69, 9.17) is 42.6 Å². The molecule has 12 atom stereocenters. The molecular formula is C54H88N8O23. The summed E-state index contributed by atoms with van der Waals surface area (Å²) in [5, 5.41) is 82.8. The van der Waals surface area contributed by atoms with E-state index in [0.717, 1.165) is 4.90 Å². The number of amides is 7. The van der Waals surface area contributed by atoms with Gasteiger partial charge in [0.05, 0.1) is 55.4 Å². The van der Waals surface area contributed by atoms with Gasteiger partial charge < -0.3 is 105 Å². The van der Waals surface area contributed by atoms with Crippen molar-refractivity contribution in [1.82, 2.24) is 36.8 Å². The van der Waals surface area contributed by atoms with E-state index >= 15 is 0 Å². The van der Waals surface area contributed by atoms with Gasteiger partial charge >= 0.3 is 30.5 Å². The minimum Gasteiger partial charge on any atom is -0.465 e. The summed E-state index contributed by atoms with van der Waals surface area (Å²) in [6.45, 7) is 18.0. The summed E-state index contributed by atoms with van der Waals surface area (Å²) in [6, 6.07) is -0.203. The smallest absolute Gasteiger partial charge is 0.410 e. The number of rotatable bonds is 25. The Bertz CT molecular complexity index is 2420. The standard InChI is InChI=1S/C54H88N8O23/c1-29(61(14)50(74)85-54(11,12)13)38(66)45(77-24-23-63)81-40-34(59-42(68)36(64)21-22-55-47(71)82-51(2,3)4)25-35(60-49(73)84-53(8,9)10)41(39(40)67)80-44-33(58-43(69)37(65)27-57-48(72)83-52(5,6)7)20-19-32(79-44)26-56-46(70)78-28-30-15-17-31(18-16-30)62(75)76/h15-19,29,33-41,44-45,63-67H,20-28H2,1-14H3,(H,55,71)(H,56,70)(H,57,72)(H,58,69)(H,59,68)(H,60,73)/t29-,33+,34+,35-,36-,37?,38+,39+,40-,41+,44+,45+/m0/s1. The third-order valence-electron chi connectivity index (χ3n) is 12.0. The van der Waals surface area contributed by atoms with Crippen LogP contribution in [-0.4, -0.2) is 213 Å². The van der Waals surface area contributed by atoms with Crippen molar-refractivity contribution in [2.75, 3.05) is 39.9 Å². The molecule has 85 heavy (non-hydrogen) atoms. The minimum absolute atomic E-state index is 0.0198. The van der Waals surface area contributed by atoms with Gasteiger partial charge in [0.25, 0.3) is 11.6 Å². The lowest BCUT2D eigenvalue weighted by Crippen LogP contribution is -2.68. The molecule has 2 aliphatic rings. The number of nitrogens with zero attached hydrogens (tertiary/aromatic N) is 2. The van der Waals surface area contributed by atoms with Crippen molar-refractivity contribution in [3.63, 3.8) is 0 Å². The van der Waals surface area contributed by atoms with E-state index < -0.39 is 176 Å². The Morgan fingerprint density at radius 2 is 1.27 bits per heavy atom. The van der Waals surface area contributed by atoms with Crippen LogP contribution in [0.1, 0.15) is 115 Å². The van der Waals surface area contributed by atoms with Crippen LogP contribution in [-0.2, 0) is 58.8 Å². The Kier molecular flexibility index (Phi) is 27.3. The van der Waals surface area contributed by atoms with Crippen LogP contribution < -0.4 is 31.9 Å². The van der Waals surface area contributed by atoms with Crippen LogP contribution >= 0.6 is 0 Å². The van der Waals surface area contributed by atoms with Gasteiger partial charge in [-0.3, -0.25) is 19.7 Å². The predicted octanol–water partition coefficient (Wildman–Crippen LogP) is 1.96. The van der Waals surface area contributed by atoms with Crippen molar-refractivity contribution in [3.05, 3.63) is 51.8 Å². The largest absolute Gasteiger partial charge is 0.465 e. The molecule has 31 heteroatoms. The molecule has 0 bridgehead atoms. The SMILES string of the molecule is C[C@@H]([C@@H](O)[C@H](OCCO)O[C@@H]1[C@@H](O)[C@H](O[C@H]2OC(CNC(=O)OCc3ccc([N+](=O)[O-])cc3)=CC[C@H]2NC(=O)C(O)CNC(=O)OC(C)(C)C)[C@@H](NC(=O)OC(C)(C)C)C[C@H]1NC(=O)[C@@H](O)CCNC(=O)OC(C)(C)C)N(C)C(=O)OC(C)(C)C. The van der Waals surface area contributed by atoms with Crippen LogP contribution in [0.3, 0.4) is 0 Å². The highest BCUT2D eigenvalue weighted by Crippen LogP contribution is 2.32. The van der Waals surface area contributed by atoms with Crippen LogP contribution in [0.15, 0.2) is 36.1 Å². The zero-order valence-corrected chi connectivity index (χ0v) is 50.7. The first kappa shape index (κ1) is 72.4. The summed E-state index contributed by atoms with van der Waals surface area (Å²) in [5.41, 5.74) is -3.63. The lowest BCUT2D eigenvalue weighted by Gasteiger charge is -2.47. The summed E-state index contributed by atoms with van der Waals surface area (Å²) in [5.74, 6) is -2.17. The number of likely N-dealkylation sites (N-methyl/N-ethyl adjacent to an activating group) is 1. The molecule has 1 unspecified atom stereocenters. The highest BCUT2D eigenvalue weighted by atomic mass is 16.7. The van der Waals surface area contributed by atoms with Gasteiger partial charge in [-0.05, 0) is 133 Å². The van der Waals surface area contributed by atoms with E-state index in [9.17, 15) is 69.2 Å². The fraction of sp³-hybridized carbons (Fsp3) is 0.722. The van der Waals surface area contributed by atoms with Crippen molar-refractivity contribution in [2.24, 2.45) is 0 Å². The number of benzene rings is 1. The van der Waals surface area contributed by atoms with E-state index in [1.165, 1.54) is 44.3 Å². The number of aliphatic hydroxyl groups excluding tert-OH is 5. The molecule has 3 rings (SSSR count). The number of nitro groups is 1. The molecule has 1 aromatic carbocycles. The first-order chi connectivity index (χ1) is 39.3. The number of carbonyl (C=O) groups is 7. The maximum atomic E-state index is 14.0. The zero-order valence-electron chi connectivity index (χ0n) is 50.7. The average Bonchev–Trinajstić information content (AvgIpc) is 1.86. The van der Waals surface area contributed by atoms with Crippen molar-refractivity contribution < 1.29 is 107 Å². The van der Waals surface area contributed by atoms with E-state index in [1.807, 2.05) is 0 Å². The highest BCUT2D eigenvalue weighted by molar-refractivity contribution is 5.82. The Balaban J connectivity index is 2.14. The number of nitro benzene ring substituents is 1. The van der Waals surface area contributed by atoms with E-state index in [0.29, 0.717) is 5.56 Å². The number of hydrogen-bond donors (Lipinski definition) is 11. The molecule has 31 nitrogen and oxygen atoms in total. The zero-order chi connectivity index (χ0) is 64.4. The fourth-order valence-electron chi connectivity index (χ4n) is 7.94. The second-order valence-electron chi connectivity index (χ2n) is 24.1. The van der Waals surface area contributed by atoms with Crippen molar-refractivity contribution in [2.45, 2.75) is 212 Å². The molecule has 482 valence electrons. The Morgan fingerprint density at radius 1 is 0.729 bits per heavy atom. The number of nitrogens with one attached hydrogen (secondary N) is 6. The predicted molar refractivity (Wildman–Crippen MR) is 298 cm³/mol. The van der Waals surface area contributed by atoms with E-state index in [-0.39, 0.29) is 37.4 Å².